The van der Waals surface area contributed by atoms with Crippen LogP contribution in [0.1, 0.15) is 50.8 Å². The Kier molecular flexibility index (Phi) is 6.51. The fraction of sp³-hybridized carbons (Fsp3) is 0.407. The van der Waals surface area contributed by atoms with Crippen LogP contribution in [0, 0.1) is 0 Å². The molecular weight excluding hydrogens is 478 g/mol. The van der Waals surface area contributed by atoms with E-state index in [1.54, 1.807) is 7.11 Å². The van der Waals surface area contributed by atoms with Gasteiger partial charge in [0.2, 0.25) is 10.0 Å². The zero-order chi connectivity index (χ0) is 26.5. The number of nitrogens with one attached hydrogen (secondary N) is 2. The molecule has 192 valence electrons. The highest BCUT2D eigenvalue weighted by Gasteiger charge is 2.35. The number of nitrogens with zero attached hydrogens (tertiary/aromatic N) is 1. The Bertz CT molecular complexity index is 1520. The van der Waals surface area contributed by atoms with Gasteiger partial charge in [-0.2, -0.15) is 0 Å². The number of fused-ring (bicyclic) bond motifs is 1. The zero-order valence-corrected chi connectivity index (χ0v) is 22.4. The number of rotatable bonds is 6. The molecule has 0 fully saturated rings. The molecule has 2 aromatic carbocycles. The molecule has 1 aliphatic carbocycles. The second-order valence-corrected chi connectivity index (χ2v) is 12.6. The average Bonchev–Trinajstić information content (AvgIpc) is 3.12. The minimum absolute atomic E-state index is 0.301. The van der Waals surface area contributed by atoms with Crippen molar-refractivity contribution < 1.29 is 13.2 Å². The van der Waals surface area contributed by atoms with Gasteiger partial charge in [-0.1, -0.05) is 45.9 Å². The zero-order valence-electron chi connectivity index (χ0n) is 21.6. The largest absolute Gasteiger partial charge is 0.496 e. The van der Waals surface area contributed by atoms with Crippen LogP contribution < -0.4 is 20.7 Å². The Hall–Kier alpha value is -3.17. The molecule has 36 heavy (non-hydrogen) atoms. The van der Waals surface area contributed by atoms with Gasteiger partial charge >= 0.3 is 5.69 Å². The van der Waals surface area contributed by atoms with Gasteiger partial charge in [0.1, 0.15) is 5.75 Å². The third kappa shape index (κ3) is 4.90. The molecule has 0 aliphatic heterocycles. The predicted molar refractivity (Wildman–Crippen MR) is 142 cm³/mol. The summed E-state index contributed by atoms with van der Waals surface area (Å²) in [6.07, 6.45) is 4.15. The quantitative estimate of drug-likeness (QED) is 0.528. The SMILES string of the molecule is COc1c(-c2ccc3c(c2)CCC3(C)CNS(C)(=O)=O)cc(-n2c(=O)cc[nH]c2=O)cc1C(C)(C)C. The number of aryl methyl sites for hydroxylation is 1. The molecule has 0 amide bonds. The van der Waals surface area contributed by atoms with Crippen molar-refractivity contribution >= 4 is 10.0 Å². The minimum Gasteiger partial charge on any atom is -0.496 e. The first-order valence-electron chi connectivity index (χ1n) is 11.9. The van der Waals surface area contributed by atoms with Crippen LogP contribution >= 0.6 is 0 Å². The first kappa shape index (κ1) is 25.9. The van der Waals surface area contributed by atoms with E-state index in [0.29, 0.717) is 18.0 Å². The summed E-state index contributed by atoms with van der Waals surface area (Å²) in [6, 6.07) is 11.1. The number of ether oxygens (including phenoxy) is 1. The maximum atomic E-state index is 12.6. The lowest BCUT2D eigenvalue weighted by molar-refractivity contribution is 0.399. The van der Waals surface area contributed by atoms with Gasteiger partial charge in [-0.25, -0.2) is 22.5 Å². The molecule has 0 radical (unpaired) electrons. The molecule has 8 nitrogen and oxygen atoms in total. The smallest absolute Gasteiger partial charge is 0.332 e. The van der Waals surface area contributed by atoms with E-state index >= 15 is 0 Å². The summed E-state index contributed by atoms with van der Waals surface area (Å²) in [5.41, 5.74) is 3.71. The fourth-order valence-electron chi connectivity index (χ4n) is 4.98. The number of H-pyrrole nitrogens is 1. The molecule has 9 heteroatoms. The van der Waals surface area contributed by atoms with E-state index in [1.807, 2.05) is 24.3 Å². The highest BCUT2D eigenvalue weighted by Crippen LogP contribution is 2.44. The summed E-state index contributed by atoms with van der Waals surface area (Å²) >= 11 is 0. The Labute approximate surface area is 211 Å². The van der Waals surface area contributed by atoms with Crippen LogP contribution in [-0.2, 0) is 27.3 Å². The summed E-state index contributed by atoms with van der Waals surface area (Å²) in [7, 11) is -1.67. The van der Waals surface area contributed by atoms with E-state index in [9.17, 15) is 18.0 Å². The van der Waals surface area contributed by atoms with E-state index < -0.39 is 21.3 Å². The molecule has 1 unspecified atom stereocenters. The Balaban J connectivity index is 1.90. The number of benzene rings is 2. The molecule has 0 bridgehead atoms. The number of sulfonamides is 1. The van der Waals surface area contributed by atoms with E-state index in [0.717, 1.165) is 45.2 Å². The van der Waals surface area contributed by atoms with Crippen LogP contribution in [0.5, 0.6) is 5.75 Å². The highest BCUT2D eigenvalue weighted by molar-refractivity contribution is 7.88. The van der Waals surface area contributed by atoms with Gasteiger partial charge in [-0.3, -0.25) is 4.79 Å². The van der Waals surface area contributed by atoms with Crippen molar-refractivity contribution in [3.8, 4) is 22.6 Å². The van der Waals surface area contributed by atoms with Gasteiger partial charge in [-0.15, -0.1) is 0 Å². The van der Waals surface area contributed by atoms with Crippen LogP contribution in [0.4, 0.5) is 0 Å². The van der Waals surface area contributed by atoms with Gasteiger partial charge in [0.15, 0.2) is 0 Å². The lowest BCUT2D eigenvalue weighted by Gasteiger charge is -2.27. The highest BCUT2D eigenvalue weighted by atomic mass is 32.2. The van der Waals surface area contributed by atoms with Gasteiger partial charge in [0, 0.05) is 35.3 Å². The normalized spacial score (nSPS) is 17.7. The van der Waals surface area contributed by atoms with Crippen molar-refractivity contribution in [3.05, 3.63) is 80.1 Å². The molecule has 0 spiro atoms. The maximum absolute atomic E-state index is 12.6. The molecule has 3 aromatic rings. The van der Waals surface area contributed by atoms with E-state index in [4.69, 9.17) is 4.74 Å². The van der Waals surface area contributed by atoms with Gasteiger partial charge < -0.3 is 9.72 Å². The lowest BCUT2D eigenvalue weighted by Crippen LogP contribution is -2.36. The standard InChI is InChI=1S/C27H33N3O5S/c1-26(2,3)22-15-19(30-23(31)10-12-28-25(30)32)14-20(24(22)35-5)17-7-8-21-18(13-17)9-11-27(21,4)16-29-36(6,33)34/h7-8,10,12-15,29H,9,11,16H2,1-6H3,(H,28,32). The van der Waals surface area contributed by atoms with Crippen molar-refractivity contribution in [1.82, 2.24) is 14.3 Å². The van der Waals surface area contributed by atoms with Crippen molar-refractivity contribution in [1.29, 1.82) is 0 Å². The van der Waals surface area contributed by atoms with Gasteiger partial charge in [0.05, 0.1) is 19.1 Å². The van der Waals surface area contributed by atoms with Crippen molar-refractivity contribution in [2.75, 3.05) is 19.9 Å². The van der Waals surface area contributed by atoms with Crippen molar-refractivity contribution in [3.63, 3.8) is 0 Å². The second kappa shape index (κ2) is 9.05. The molecular formula is C27H33N3O5S. The van der Waals surface area contributed by atoms with Crippen LogP contribution in [-0.4, -0.2) is 37.9 Å². The van der Waals surface area contributed by atoms with Gasteiger partial charge in [0.25, 0.3) is 5.56 Å². The molecule has 1 atom stereocenters. The minimum atomic E-state index is -3.29. The van der Waals surface area contributed by atoms with E-state index in [2.05, 4.69) is 43.5 Å². The van der Waals surface area contributed by atoms with Crippen LogP contribution in [0.3, 0.4) is 0 Å². The molecule has 2 N–H and O–H groups in total. The summed E-state index contributed by atoms with van der Waals surface area (Å²) < 4.78 is 33.1. The van der Waals surface area contributed by atoms with Crippen molar-refractivity contribution in [2.24, 2.45) is 0 Å². The topological polar surface area (TPSA) is 110 Å². The molecule has 1 aromatic heterocycles. The summed E-state index contributed by atoms with van der Waals surface area (Å²) in [5.74, 6) is 0.686. The predicted octanol–water partition coefficient (Wildman–Crippen LogP) is 3.25. The number of aromatic nitrogens is 2. The van der Waals surface area contributed by atoms with Gasteiger partial charge in [-0.05, 0) is 47.1 Å². The average molecular weight is 512 g/mol. The van der Waals surface area contributed by atoms with Crippen LogP contribution in [0.2, 0.25) is 0 Å². The Morgan fingerprint density at radius 2 is 1.86 bits per heavy atom. The third-order valence-corrected chi connectivity index (χ3v) is 7.61. The fourth-order valence-corrected chi connectivity index (χ4v) is 5.56. The first-order chi connectivity index (χ1) is 16.7. The van der Waals surface area contributed by atoms with E-state index in [-0.39, 0.29) is 10.8 Å². The number of hydrogen-bond donors (Lipinski definition) is 2. The Morgan fingerprint density at radius 3 is 2.47 bits per heavy atom. The molecule has 1 heterocycles. The maximum Gasteiger partial charge on any atom is 0.332 e. The number of methoxy groups -OCH3 is 1. The summed E-state index contributed by atoms with van der Waals surface area (Å²) in [4.78, 5) is 27.8. The molecule has 0 saturated carbocycles. The summed E-state index contributed by atoms with van der Waals surface area (Å²) in [6.45, 7) is 8.58. The van der Waals surface area contributed by atoms with Crippen LogP contribution in [0.15, 0.2) is 52.2 Å². The summed E-state index contributed by atoms with van der Waals surface area (Å²) in [5, 5.41) is 0. The third-order valence-electron chi connectivity index (χ3n) is 6.94. The molecule has 4 rings (SSSR count). The second-order valence-electron chi connectivity index (χ2n) is 10.8. The van der Waals surface area contributed by atoms with Crippen LogP contribution in [0.25, 0.3) is 16.8 Å². The molecule has 0 saturated heterocycles. The lowest BCUT2D eigenvalue weighted by atomic mass is 9.82. The number of aromatic amines is 1. The van der Waals surface area contributed by atoms with E-state index in [1.165, 1.54) is 18.5 Å². The Morgan fingerprint density at radius 1 is 1.14 bits per heavy atom. The monoisotopic (exact) mass is 511 g/mol. The first-order valence-corrected chi connectivity index (χ1v) is 13.7. The molecule has 1 aliphatic rings. The number of hydrogen-bond acceptors (Lipinski definition) is 5. The van der Waals surface area contributed by atoms with Crippen molar-refractivity contribution in [2.45, 2.75) is 51.4 Å².